The van der Waals surface area contributed by atoms with Crippen LogP contribution in [0.1, 0.15) is 44.1 Å². The molecule has 3 nitrogen and oxygen atoms in total. The van der Waals surface area contributed by atoms with Crippen molar-refractivity contribution in [3.8, 4) is 5.75 Å². The summed E-state index contributed by atoms with van der Waals surface area (Å²) in [6, 6.07) is 9.31. The molecule has 21 heavy (non-hydrogen) atoms. The predicted molar refractivity (Wildman–Crippen MR) is 87.1 cm³/mol. The molecule has 1 N–H and O–H groups in total. The summed E-state index contributed by atoms with van der Waals surface area (Å²) in [6.45, 7) is 7.95. The normalized spacial score (nSPS) is 23.6. The average Bonchev–Trinajstić information content (AvgIpc) is 2.55. The van der Waals surface area contributed by atoms with Crippen LogP contribution >= 0.6 is 0 Å². The third kappa shape index (κ3) is 3.78. The van der Waals surface area contributed by atoms with E-state index in [0.29, 0.717) is 5.92 Å². The number of likely N-dealkylation sites (tertiary alicyclic amines) is 1. The van der Waals surface area contributed by atoms with Crippen molar-refractivity contribution in [1.29, 1.82) is 0 Å². The van der Waals surface area contributed by atoms with Gasteiger partial charge >= 0.3 is 0 Å². The molecule has 0 saturated carbocycles. The zero-order valence-electron chi connectivity index (χ0n) is 13.2. The Labute approximate surface area is 128 Å². The highest BCUT2D eigenvalue weighted by atomic mass is 16.5. The lowest BCUT2D eigenvalue weighted by Gasteiger charge is -2.36. The summed E-state index contributed by atoms with van der Waals surface area (Å²) in [5.74, 6) is 1.75. The Kier molecular flexibility index (Phi) is 5.15. The molecule has 0 spiro atoms. The maximum absolute atomic E-state index is 5.78. The highest BCUT2D eigenvalue weighted by Gasteiger charge is 2.25. The van der Waals surface area contributed by atoms with Gasteiger partial charge in [-0.15, -0.1) is 0 Å². The highest BCUT2D eigenvalue weighted by Crippen LogP contribution is 2.34. The van der Waals surface area contributed by atoms with Gasteiger partial charge in [0.2, 0.25) is 0 Å². The third-order valence-electron chi connectivity index (χ3n) is 4.83. The van der Waals surface area contributed by atoms with E-state index >= 15 is 0 Å². The zero-order valence-corrected chi connectivity index (χ0v) is 13.2. The Hall–Kier alpha value is -1.06. The van der Waals surface area contributed by atoms with Gasteiger partial charge in [0, 0.05) is 18.5 Å². The summed E-state index contributed by atoms with van der Waals surface area (Å²) >= 11 is 0. The van der Waals surface area contributed by atoms with E-state index in [-0.39, 0.29) is 0 Å². The number of piperidine rings is 1. The van der Waals surface area contributed by atoms with Gasteiger partial charge in [-0.05, 0) is 56.9 Å². The molecule has 116 valence electrons. The standard InChI is InChI=1S/C18H28N2O/c1-2-10-19-16-7-11-20(12-8-16)14-15-9-13-21-18-6-4-3-5-17(15)18/h3-6,15-16,19H,2,7-14H2,1H3. The molecule has 1 aromatic rings. The summed E-state index contributed by atoms with van der Waals surface area (Å²) in [5.41, 5.74) is 1.41. The van der Waals surface area contributed by atoms with Crippen LogP contribution in [-0.2, 0) is 0 Å². The molecule has 1 aromatic carbocycles. The van der Waals surface area contributed by atoms with Crippen LogP contribution in [0.25, 0.3) is 0 Å². The Morgan fingerprint density at radius 2 is 2.00 bits per heavy atom. The van der Waals surface area contributed by atoms with Crippen LogP contribution < -0.4 is 10.1 Å². The molecule has 2 aliphatic heterocycles. The van der Waals surface area contributed by atoms with Gasteiger partial charge in [0.1, 0.15) is 5.75 Å². The smallest absolute Gasteiger partial charge is 0.122 e. The molecule has 2 aliphatic rings. The zero-order chi connectivity index (χ0) is 14.5. The molecule has 0 aromatic heterocycles. The van der Waals surface area contributed by atoms with Gasteiger partial charge in [-0.3, -0.25) is 0 Å². The van der Waals surface area contributed by atoms with Crippen molar-refractivity contribution in [2.24, 2.45) is 0 Å². The number of nitrogens with zero attached hydrogens (tertiary/aromatic N) is 1. The Balaban J connectivity index is 1.52. The van der Waals surface area contributed by atoms with E-state index < -0.39 is 0 Å². The van der Waals surface area contributed by atoms with E-state index in [9.17, 15) is 0 Å². The molecule has 0 bridgehead atoms. The van der Waals surface area contributed by atoms with Gasteiger partial charge in [-0.2, -0.15) is 0 Å². The summed E-state index contributed by atoms with van der Waals surface area (Å²) in [5, 5.41) is 3.66. The lowest BCUT2D eigenvalue weighted by atomic mass is 9.91. The minimum absolute atomic E-state index is 0.648. The van der Waals surface area contributed by atoms with Crippen molar-refractivity contribution in [3.63, 3.8) is 0 Å². The van der Waals surface area contributed by atoms with E-state index in [4.69, 9.17) is 4.74 Å². The topological polar surface area (TPSA) is 24.5 Å². The van der Waals surface area contributed by atoms with Gasteiger partial charge < -0.3 is 15.0 Å². The van der Waals surface area contributed by atoms with Crippen molar-refractivity contribution in [2.75, 3.05) is 32.8 Å². The fourth-order valence-corrected chi connectivity index (χ4v) is 3.59. The lowest BCUT2D eigenvalue weighted by Crippen LogP contribution is -2.44. The predicted octanol–water partition coefficient (Wildman–Crippen LogP) is 3.02. The summed E-state index contributed by atoms with van der Waals surface area (Å²) < 4.78 is 5.78. The molecule has 2 heterocycles. The molecule has 0 radical (unpaired) electrons. The molecule has 3 rings (SSSR count). The van der Waals surface area contributed by atoms with Crippen molar-refractivity contribution >= 4 is 0 Å². The van der Waals surface area contributed by atoms with Gasteiger partial charge in [0.15, 0.2) is 0 Å². The molecule has 1 atom stereocenters. The Morgan fingerprint density at radius 3 is 2.81 bits per heavy atom. The van der Waals surface area contributed by atoms with E-state index in [1.54, 1.807) is 0 Å². The van der Waals surface area contributed by atoms with Crippen molar-refractivity contribution < 1.29 is 4.74 Å². The maximum Gasteiger partial charge on any atom is 0.122 e. The van der Waals surface area contributed by atoms with Crippen LogP contribution in [-0.4, -0.2) is 43.7 Å². The fraction of sp³-hybridized carbons (Fsp3) is 0.667. The van der Waals surface area contributed by atoms with E-state index in [1.165, 1.54) is 44.5 Å². The van der Waals surface area contributed by atoms with Crippen LogP contribution in [0.3, 0.4) is 0 Å². The second-order valence-electron chi connectivity index (χ2n) is 6.40. The largest absolute Gasteiger partial charge is 0.493 e. The summed E-state index contributed by atoms with van der Waals surface area (Å²) in [6.07, 6.45) is 4.99. The molecule has 1 fully saturated rings. The second kappa shape index (κ2) is 7.28. The molecule has 3 heteroatoms. The monoisotopic (exact) mass is 288 g/mol. The first-order valence-electron chi connectivity index (χ1n) is 8.54. The van der Waals surface area contributed by atoms with Crippen molar-refractivity contribution in [3.05, 3.63) is 29.8 Å². The summed E-state index contributed by atoms with van der Waals surface area (Å²) in [4.78, 5) is 2.65. The van der Waals surface area contributed by atoms with Crippen molar-refractivity contribution in [1.82, 2.24) is 10.2 Å². The van der Waals surface area contributed by atoms with Crippen LogP contribution in [0, 0.1) is 0 Å². The Bertz CT molecular complexity index is 441. The van der Waals surface area contributed by atoms with Crippen LogP contribution in [0.5, 0.6) is 5.75 Å². The SMILES string of the molecule is CCCNC1CCN(CC2CCOc3ccccc32)CC1. The van der Waals surface area contributed by atoms with E-state index in [2.05, 4.69) is 41.4 Å². The molecule has 0 amide bonds. The van der Waals surface area contributed by atoms with E-state index in [1.807, 2.05) is 0 Å². The fourth-order valence-electron chi connectivity index (χ4n) is 3.59. The minimum Gasteiger partial charge on any atom is -0.493 e. The molecular weight excluding hydrogens is 260 g/mol. The molecule has 1 saturated heterocycles. The number of rotatable bonds is 5. The molecule has 1 unspecified atom stereocenters. The summed E-state index contributed by atoms with van der Waals surface area (Å²) in [7, 11) is 0. The maximum atomic E-state index is 5.78. The third-order valence-corrected chi connectivity index (χ3v) is 4.83. The van der Waals surface area contributed by atoms with Gasteiger partial charge in [-0.25, -0.2) is 0 Å². The number of nitrogens with one attached hydrogen (secondary N) is 1. The quantitative estimate of drug-likeness (QED) is 0.901. The number of hydrogen-bond acceptors (Lipinski definition) is 3. The van der Waals surface area contributed by atoms with E-state index in [0.717, 1.165) is 31.4 Å². The van der Waals surface area contributed by atoms with Gasteiger partial charge in [-0.1, -0.05) is 25.1 Å². The highest BCUT2D eigenvalue weighted by molar-refractivity contribution is 5.37. The number of benzene rings is 1. The first-order chi connectivity index (χ1) is 10.4. The first kappa shape index (κ1) is 14.9. The number of fused-ring (bicyclic) bond motifs is 1. The molecular formula is C18H28N2O. The van der Waals surface area contributed by atoms with Crippen LogP contribution in [0.2, 0.25) is 0 Å². The minimum atomic E-state index is 0.648. The average molecular weight is 288 g/mol. The molecule has 0 aliphatic carbocycles. The lowest BCUT2D eigenvalue weighted by molar-refractivity contribution is 0.169. The Morgan fingerprint density at radius 1 is 1.19 bits per heavy atom. The van der Waals surface area contributed by atoms with Crippen molar-refractivity contribution in [2.45, 2.75) is 44.6 Å². The second-order valence-corrected chi connectivity index (χ2v) is 6.40. The van der Waals surface area contributed by atoms with Crippen LogP contribution in [0.4, 0.5) is 0 Å². The number of para-hydroxylation sites is 1. The number of ether oxygens (including phenoxy) is 1. The van der Waals surface area contributed by atoms with Crippen LogP contribution in [0.15, 0.2) is 24.3 Å². The van der Waals surface area contributed by atoms with Gasteiger partial charge in [0.25, 0.3) is 0 Å². The van der Waals surface area contributed by atoms with Gasteiger partial charge in [0.05, 0.1) is 6.61 Å². The first-order valence-corrected chi connectivity index (χ1v) is 8.54. The number of hydrogen-bond donors (Lipinski definition) is 1.